The van der Waals surface area contributed by atoms with E-state index < -0.39 is 6.10 Å². The van der Waals surface area contributed by atoms with E-state index in [1.54, 1.807) is 11.3 Å². The van der Waals surface area contributed by atoms with E-state index in [1.165, 1.54) is 4.88 Å². The van der Waals surface area contributed by atoms with Gasteiger partial charge in [0, 0.05) is 26.7 Å². The Balaban J connectivity index is 2.28. The Labute approximate surface area is 120 Å². The van der Waals surface area contributed by atoms with Gasteiger partial charge in [-0.25, -0.2) is 0 Å². The van der Waals surface area contributed by atoms with Crippen molar-refractivity contribution in [2.75, 3.05) is 6.54 Å². The lowest BCUT2D eigenvalue weighted by Gasteiger charge is -2.21. The zero-order valence-electron chi connectivity index (χ0n) is 10.1. The first-order valence-corrected chi connectivity index (χ1v) is 7.42. The molecule has 2 aromatic rings. The number of hydrogen-bond donors (Lipinski definition) is 2. The number of hydrogen-bond acceptors (Lipinski definition) is 3. The number of thiophene rings is 1. The molecule has 3 N–H and O–H groups in total. The van der Waals surface area contributed by atoms with Crippen LogP contribution in [0.4, 0.5) is 0 Å². The van der Waals surface area contributed by atoms with Gasteiger partial charge in [-0.15, -0.1) is 11.3 Å². The number of halogens is 1. The fraction of sp³-hybridized carbons (Fsp3) is 0.286. The molecular weight excluding hydrogens is 310 g/mol. The Bertz CT molecular complexity index is 526. The van der Waals surface area contributed by atoms with Gasteiger partial charge in [-0.05, 0) is 36.8 Å². The molecule has 1 heterocycles. The quantitative estimate of drug-likeness (QED) is 0.902. The second kappa shape index (κ2) is 5.97. The highest BCUT2D eigenvalue weighted by Gasteiger charge is 2.22. The molecule has 96 valence electrons. The predicted molar refractivity (Wildman–Crippen MR) is 80.0 cm³/mol. The molecule has 1 aromatic heterocycles. The zero-order valence-corrected chi connectivity index (χ0v) is 12.5. The molecule has 2 rings (SSSR count). The molecule has 2 unspecified atom stereocenters. The predicted octanol–water partition coefficient (Wildman–Crippen LogP) is 3.59. The van der Waals surface area contributed by atoms with Crippen LogP contribution >= 0.6 is 27.3 Å². The monoisotopic (exact) mass is 325 g/mol. The summed E-state index contributed by atoms with van der Waals surface area (Å²) in [6, 6.07) is 12.0. The van der Waals surface area contributed by atoms with Crippen LogP contribution in [0.15, 0.2) is 40.9 Å². The highest BCUT2D eigenvalue weighted by atomic mass is 79.9. The van der Waals surface area contributed by atoms with Crippen molar-refractivity contribution in [3.63, 3.8) is 0 Å². The Morgan fingerprint density at radius 3 is 2.67 bits per heavy atom. The van der Waals surface area contributed by atoms with Gasteiger partial charge in [-0.2, -0.15) is 0 Å². The molecular formula is C14H16BrNOS. The van der Waals surface area contributed by atoms with E-state index in [1.807, 2.05) is 43.3 Å². The second-order valence-corrected chi connectivity index (χ2v) is 6.53. The third-order valence-corrected chi connectivity index (χ3v) is 4.53. The van der Waals surface area contributed by atoms with Crippen LogP contribution in [0.2, 0.25) is 0 Å². The fourth-order valence-corrected chi connectivity index (χ4v) is 3.34. The van der Waals surface area contributed by atoms with Crippen LogP contribution in [0, 0.1) is 6.92 Å². The van der Waals surface area contributed by atoms with Crippen LogP contribution < -0.4 is 5.73 Å². The van der Waals surface area contributed by atoms with E-state index in [-0.39, 0.29) is 5.92 Å². The third kappa shape index (κ3) is 3.01. The Morgan fingerprint density at radius 2 is 2.11 bits per heavy atom. The highest BCUT2D eigenvalue weighted by molar-refractivity contribution is 9.10. The summed E-state index contributed by atoms with van der Waals surface area (Å²) in [6.45, 7) is 2.46. The van der Waals surface area contributed by atoms with Crippen molar-refractivity contribution in [3.8, 4) is 0 Å². The van der Waals surface area contributed by atoms with Crippen LogP contribution in [0.5, 0.6) is 0 Å². The Kier molecular flexibility index (Phi) is 4.56. The maximum Gasteiger partial charge on any atom is 0.0962 e. The maximum atomic E-state index is 10.5. The molecule has 0 radical (unpaired) electrons. The molecule has 0 amide bonds. The number of aliphatic hydroxyl groups is 1. The van der Waals surface area contributed by atoms with Gasteiger partial charge >= 0.3 is 0 Å². The molecule has 0 aliphatic carbocycles. The molecule has 2 nitrogen and oxygen atoms in total. The summed E-state index contributed by atoms with van der Waals surface area (Å²) in [5.41, 5.74) is 6.89. The smallest absolute Gasteiger partial charge is 0.0962 e. The first kappa shape index (κ1) is 13.7. The molecule has 0 fully saturated rings. The van der Waals surface area contributed by atoms with Gasteiger partial charge in [-0.3, -0.25) is 0 Å². The Hall–Kier alpha value is -0.680. The first-order valence-electron chi connectivity index (χ1n) is 5.81. The number of aliphatic hydroxyl groups excluding tert-OH is 1. The van der Waals surface area contributed by atoms with Crippen molar-refractivity contribution in [2.24, 2.45) is 5.73 Å². The van der Waals surface area contributed by atoms with Crippen molar-refractivity contribution < 1.29 is 5.11 Å². The summed E-state index contributed by atoms with van der Waals surface area (Å²) >= 11 is 5.07. The first-order chi connectivity index (χ1) is 8.61. The average molecular weight is 326 g/mol. The van der Waals surface area contributed by atoms with E-state index in [0.29, 0.717) is 6.54 Å². The molecule has 2 atom stereocenters. The van der Waals surface area contributed by atoms with Gasteiger partial charge in [0.2, 0.25) is 0 Å². The molecule has 4 heteroatoms. The van der Waals surface area contributed by atoms with Crippen LogP contribution in [-0.2, 0) is 0 Å². The van der Waals surface area contributed by atoms with Crippen molar-refractivity contribution in [3.05, 3.63) is 56.2 Å². The highest BCUT2D eigenvalue weighted by Crippen LogP contribution is 2.34. The van der Waals surface area contributed by atoms with E-state index in [2.05, 4.69) is 15.9 Å². The van der Waals surface area contributed by atoms with Gasteiger partial charge in [0.15, 0.2) is 0 Å². The molecule has 0 bridgehead atoms. The van der Waals surface area contributed by atoms with E-state index in [4.69, 9.17) is 5.73 Å². The lowest BCUT2D eigenvalue weighted by Crippen LogP contribution is -2.19. The molecule has 0 saturated carbocycles. The second-order valence-electron chi connectivity index (χ2n) is 4.29. The van der Waals surface area contributed by atoms with Gasteiger partial charge < -0.3 is 10.8 Å². The van der Waals surface area contributed by atoms with Crippen molar-refractivity contribution in [1.82, 2.24) is 0 Å². The zero-order chi connectivity index (χ0) is 13.1. The Morgan fingerprint density at radius 1 is 1.33 bits per heavy atom. The third-order valence-electron chi connectivity index (χ3n) is 2.96. The van der Waals surface area contributed by atoms with Crippen molar-refractivity contribution >= 4 is 27.3 Å². The van der Waals surface area contributed by atoms with E-state index in [0.717, 1.165) is 14.9 Å². The summed E-state index contributed by atoms with van der Waals surface area (Å²) in [5, 5.41) is 10.5. The number of nitrogens with two attached hydrogens (primary N) is 1. The number of benzene rings is 1. The summed E-state index contributed by atoms with van der Waals surface area (Å²) in [4.78, 5) is 2.18. The van der Waals surface area contributed by atoms with E-state index >= 15 is 0 Å². The van der Waals surface area contributed by atoms with Crippen LogP contribution in [0.3, 0.4) is 0 Å². The van der Waals surface area contributed by atoms with Crippen molar-refractivity contribution in [2.45, 2.75) is 18.9 Å². The molecule has 0 saturated heterocycles. The summed E-state index contributed by atoms with van der Waals surface area (Å²) < 4.78 is 1.01. The lowest BCUT2D eigenvalue weighted by atomic mass is 9.92. The van der Waals surface area contributed by atoms with Crippen LogP contribution in [0.25, 0.3) is 0 Å². The van der Waals surface area contributed by atoms with Crippen molar-refractivity contribution in [1.29, 1.82) is 0 Å². The van der Waals surface area contributed by atoms with E-state index in [9.17, 15) is 5.11 Å². The van der Waals surface area contributed by atoms with Gasteiger partial charge in [-0.1, -0.05) is 28.1 Å². The van der Waals surface area contributed by atoms with Gasteiger partial charge in [0.1, 0.15) is 0 Å². The van der Waals surface area contributed by atoms with Gasteiger partial charge in [0.05, 0.1) is 6.10 Å². The minimum absolute atomic E-state index is 0.0689. The summed E-state index contributed by atoms with van der Waals surface area (Å²) in [5.74, 6) is -0.0689. The molecule has 0 aliphatic heterocycles. The average Bonchev–Trinajstić information content (AvgIpc) is 2.77. The molecule has 0 spiro atoms. The number of rotatable bonds is 4. The molecule has 18 heavy (non-hydrogen) atoms. The molecule has 1 aromatic carbocycles. The topological polar surface area (TPSA) is 46.2 Å². The minimum atomic E-state index is -0.539. The minimum Gasteiger partial charge on any atom is -0.387 e. The fourth-order valence-electron chi connectivity index (χ4n) is 2.00. The van der Waals surface area contributed by atoms with Gasteiger partial charge in [0.25, 0.3) is 0 Å². The number of aryl methyl sites for hydroxylation is 1. The maximum absolute atomic E-state index is 10.5. The van der Waals surface area contributed by atoms with Crippen LogP contribution in [-0.4, -0.2) is 11.7 Å². The lowest BCUT2D eigenvalue weighted by molar-refractivity contribution is 0.151. The SMILES string of the molecule is Cc1ccc(C(O)C(CN)c2cccc(Br)c2)s1. The largest absolute Gasteiger partial charge is 0.387 e. The summed E-state index contributed by atoms with van der Waals surface area (Å²) in [6.07, 6.45) is -0.539. The normalized spacial score (nSPS) is 14.4. The van der Waals surface area contributed by atoms with Crippen LogP contribution in [0.1, 0.15) is 27.3 Å². The molecule has 0 aliphatic rings. The summed E-state index contributed by atoms with van der Waals surface area (Å²) in [7, 11) is 0. The standard InChI is InChI=1S/C14H16BrNOS/c1-9-5-6-13(18-9)14(17)12(8-16)10-3-2-4-11(15)7-10/h2-7,12,14,17H,8,16H2,1H3.